The predicted octanol–water partition coefficient (Wildman–Crippen LogP) is 4.81. The summed E-state index contributed by atoms with van der Waals surface area (Å²) >= 11 is 6.07. The second kappa shape index (κ2) is 8.29. The van der Waals surface area contributed by atoms with E-state index in [0.29, 0.717) is 0 Å². The Bertz CT molecular complexity index is 710. The van der Waals surface area contributed by atoms with Crippen LogP contribution in [-0.2, 0) is 19.3 Å². The summed E-state index contributed by atoms with van der Waals surface area (Å²) in [5, 5.41) is 0.763. The van der Waals surface area contributed by atoms with E-state index in [9.17, 15) is 0 Å². The number of aromatic nitrogens is 2. The van der Waals surface area contributed by atoms with Gasteiger partial charge in [0, 0.05) is 47.8 Å². The molecule has 0 fully saturated rings. The molecule has 0 atom stereocenters. The van der Waals surface area contributed by atoms with Crippen molar-refractivity contribution < 1.29 is 0 Å². The van der Waals surface area contributed by atoms with Crippen LogP contribution in [0.4, 0.5) is 0 Å². The molecule has 0 spiro atoms. The van der Waals surface area contributed by atoms with Crippen LogP contribution in [0, 0.1) is 5.92 Å². The number of hydrogen-bond acceptors (Lipinski definition) is 3. The van der Waals surface area contributed by atoms with Gasteiger partial charge in [-0.2, -0.15) is 0 Å². The van der Waals surface area contributed by atoms with Gasteiger partial charge in [-0.1, -0.05) is 44.5 Å². The minimum Gasteiger partial charge on any atom is -0.303 e. The van der Waals surface area contributed by atoms with Crippen molar-refractivity contribution in [2.24, 2.45) is 5.92 Å². The molecule has 134 valence electrons. The van der Waals surface area contributed by atoms with Crippen molar-refractivity contribution >= 4 is 11.6 Å². The molecule has 1 aliphatic rings. The van der Waals surface area contributed by atoms with Crippen molar-refractivity contribution in [3.63, 3.8) is 0 Å². The van der Waals surface area contributed by atoms with Crippen molar-refractivity contribution in [2.45, 2.75) is 46.5 Å². The van der Waals surface area contributed by atoms with E-state index >= 15 is 0 Å². The monoisotopic (exact) mass is 357 g/mol. The molecule has 0 bridgehead atoms. The molecule has 2 aromatic rings. The second-order valence-corrected chi connectivity index (χ2v) is 7.73. The molecule has 3 nitrogen and oxygen atoms in total. The molecular weight excluding hydrogens is 330 g/mol. The second-order valence-electron chi connectivity index (χ2n) is 7.30. The predicted molar refractivity (Wildman–Crippen MR) is 105 cm³/mol. The van der Waals surface area contributed by atoms with Crippen molar-refractivity contribution in [3.8, 4) is 11.3 Å². The quantitative estimate of drug-likeness (QED) is 0.769. The molecule has 25 heavy (non-hydrogen) atoms. The maximum atomic E-state index is 6.07. The van der Waals surface area contributed by atoms with Crippen LogP contribution >= 0.6 is 11.6 Å². The summed E-state index contributed by atoms with van der Waals surface area (Å²) < 4.78 is 0. The minimum absolute atomic E-state index is 0.752. The lowest BCUT2D eigenvalue weighted by Gasteiger charge is -2.20. The third-order valence-electron chi connectivity index (χ3n) is 4.94. The molecule has 4 heteroatoms. The molecule has 1 aromatic heterocycles. The first-order valence-electron chi connectivity index (χ1n) is 9.43. The Hall–Kier alpha value is -1.45. The summed E-state index contributed by atoms with van der Waals surface area (Å²) in [6.07, 6.45) is 4.16. The molecule has 0 unspecified atom stereocenters. The van der Waals surface area contributed by atoms with E-state index in [2.05, 4.69) is 37.8 Å². The average molecular weight is 358 g/mol. The number of rotatable bonds is 5. The number of benzene rings is 1. The lowest BCUT2D eigenvalue weighted by molar-refractivity contribution is 0.269. The van der Waals surface area contributed by atoms with Gasteiger partial charge in [0.2, 0.25) is 0 Å². The molecule has 0 saturated heterocycles. The first kappa shape index (κ1) is 18.3. The largest absolute Gasteiger partial charge is 0.303 e. The zero-order valence-electron chi connectivity index (χ0n) is 15.6. The maximum Gasteiger partial charge on any atom is 0.129 e. The summed E-state index contributed by atoms with van der Waals surface area (Å²) in [4.78, 5) is 12.3. The summed E-state index contributed by atoms with van der Waals surface area (Å²) in [6.45, 7) is 10.1. The van der Waals surface area contributed by atoms with Crippen LogP contribution < -0.4 is 0 Å². The van der Waals surface area contributed by atoms with Gasteiger partial charge in [0.15, 0.2) is 0 Å². The van der Waals surface area contributed by atoms with E-state index in [-0.39, 0.29) is 0 Å². The molecule has 0 radical (unpaired) electrons. The normalized spacial score (nSPS) is 15.2. The van der Waals surface area contributed by atoms with Gasteiger partial charge in [-0.05, 0) is 37.4 Å². The molecule has 1 aliphatic heterocycles. The van der Waals surface area contributed by atoms with E-state index in [1.807, 2.05) is 12.1 Å². The Kier molecular flexibility index (Phi) is 6.08. The van der Waals surface area contributed by atoms with Crippen molar-refractivity contribution in [2.75, 3.05) is 19.6 Å². The molecule has 0 saturated carbocycles. The zero-order chi connectivity index (χ0) is 17.8. The Balaban J connectivity index is 1.90. The molecule has 0 aliphatic carbocycles. The number of aryl methyl sites for hydroxylation is 1. The van der Waals surface area contributed by atoms with Crippen LogP contribution in [0.25, 0.3) is 11.3 Å². The van der Waals surface area contributed by atoms with Gasteiger partial charge >= 0.3 is 0 Å². The third kappa shape index (κ3) is 4.59. The van der Waals surface area contributed by atoms with Crippen LogP contribution in [-0.4, -0.2) is 34.5 Å². The lowest BCUT2D eigenvalue weighted by atomic mass is 10.0. The molecule has 2 heterocycles. The third-order valence-corrected chi connectivity index (χ3v) is 5.19. The number of nitrogens with zero attached hydrogens (tertiary/aromatic N) is 3. The van der Waals surface area contributed by atoms with E-state index in [0.717, 1.165) is 60.4 Å². The highest BCUT2D eigenvalue weighted by Gasteiger charge is 2.20. The van der Waals surface area contributed by atoms with E-state index in [1.165, 1.54) is 24.2 Å². The van der Waals surface area contributed by atoms with Gasteiger partial charge < -0.3 is 4.90 Å². The van der Waals surface area contributed by atoms with Crippen molar-refractivity contribution in [1.29, 1.82) is 0 Å². The zero-order valence-corrected chi connectivity index (χ0v) is 16.3. The number of fused-ring (bicyclic) bond motifs is 1. The summed E-state index contributed by atoms with van der Waals surface area (Å²) in [5.41, 5.74) is 4.81. The van der Waals surface area contributed by atoms with Gasteiger partial charge in [0.05, 0.1) is 5.69 Å². The van der Waals surface area contributed by atoms with Gasteiger partial charge in [0.25, 0.3) is 0 Å². The van der Waals surface area contributed by atoms with Gasteiger partial charge in [-0.3, -0.25) is 0 Å². The Morgan fingerprint density at radius 2 is 1.80 bits per heavy atom. The van der Waals surface area contributed by atoms with Crippen molar-refractivity contribution in [3.05, 3.63) is 46.4 Å². The molecule has 1 aromatic carbocycles. The molecule has 0 amide bonds. The average Bonchev–Trinajstić information content (AvgIpc) is 2.82. The Morgan fingerprint density at radius 1 is 1.08 bits per heavy atom. The van der Waals surface area contributed by atoms with Crippen LogP contribution in [0.2, 0.25) is 5.02 Å². The summed E-state index contributed by atoms with van der Waals surface area (Å²) in [6, 6.07) is 8.04. The van der Waals surface area contributed by atoms with Gasteiger partial charge in [-0.25, -0.2) is 9.97 Å². The van der Waals surface area contributed by atoms with E-state index in [4.69, 9.17) is 21.6 Å². The van der Waals surface area contributed by atoms with Crippen molar-refractivity contribution in [1.82, 2.24) is 14.9 Å². The SMILES string of the molecule is CCc1nc2c(c(-c3ccc(Cl)cc3)n1)CCN(CCC(C)C)CC2. The Morgan fingerprint density at radius 3 is 2.48 bits per heavy atom. The van der Waals surface area contributed by atoms with Gasteiger partial charge in [0.1, 0.15) is 5.82 Å². The van der Waals surface area contributed by atoms with Crippen LogP contribution in [0.3, 0.4) is 0 Å². The first-order chi connectivity index (χ1) is 12.1. The van der Waals surface area contributed by atoms with Crippen LogP contribution in [0.1, 0.15) is 44.3 Å². The van der Waals surface area contributed by atoms with Crippen LogP contribution in [0.5, 0.6) is 0 Å². The fourth-order valence-corrected chi connectivity index (χ4v) is 3.49. The number of halogens is 1. The standard InChI is InChI=1S/C21H28ClN3/c1-4-20-23-19-11-14-25(12-9-15(2)3)13-10-18(19)21(24-20)16-5-7-17(22)8-6-16/h5-8,15H,4,9-14H2,1-3H3. The van der Waals surface area contributed by atoms with Gasteiger partial charge in [-0.15, -0.1) is 0 Å². The maximum absolute atomic E-state index is 6.07. The van der Waals surface area contributed by atoms with E-state index in [1.54, 1.807) is 0 Å². The molecular formula is C21H28ClN3. The minimum atomic E-state index is 0.752. The Labute approximate surface area is 156 Å². The fourth-order valence-electron chi connectivity index (χ4n) is 3.37. The summed E-state index contributed by atoms with van der Waals surface area (Å²) in [7, 11) is 0. The van der Waals surface area contributed by atoms with Crippen LogP contribution in [0.15, 0.2) is 24.3 Å². The highest BCUT2D eigenvalue weighted by molar-refractivity contribution is 6.30. The lowest BCUT2D eigenvalue weighted by Crippen LogP contribution is -2.28. The molecule has 0 N–H and O–H groups in total. The topological polar surface area (TPSA) is 29.0 Å². The smallest absolute Gasteiger partial charge is 0.129 e. The first-order valence-corrected chi connectivity index (χ1v) is 9.81. The fraction of sp³-hybridized carbons (Fsp3) is 0.524. The summed E-state index contributed by atoms with van der Waals surface area (Å²) in [5.74, 6) is 1.70. The van der Waals surface area contributed by atoms with E-state index < -0.39 is 0 Å². The molecule has 3 rings (SSSR count). The number of hydrogen-bond donors (Lipinski definition) is 0. The highest BCUT2D eigenvalue weighted by Crippen LogP contribution is 2.28. The highest BCUT2D eigenvalue weighted by atomic mass is 35.5.